The van der Waals surface area contributed by atoms with Crippen molar-refractivity contribution >= 4 is 5.91 Å². The van der Waals surface area contributed by atoms with E-state index in [4.69, 9.17) is 0 Å². The van der Waals surface area contributed by atoms with Crippen molar-refractivity contribution in [2.45, 2.75) is 45.7 Å². The van der Waals surface area contributed by atoms with Crippen LogP contribution in [0.4, 0.5) is 13.2 Å². The largest absolute Gasteiger partial charge is 0.402 e. The maximum absolute atomic E-state index is 12.9. The van der Waals surface area contributed by atoms with Gasteiger partial charge >= 0.3 is 6.18 Å². The Bertz CT molecular complexity index is 238. The van der Waals surface area contributed by atoms with E-state index in [2.05, 4.69) is 0 Å². The van der Waals surface area contributed by atoms with Gasteiger partial charge in [-0.2, -0.15) is 13.2 Å². The van der Waals surface area contributed by atoms with Crippen molar-refractivity contribution in [2.24, 2.45) is 5.41 Å². The van der Waals surface area contributed by atoms with Crippen LogP contribution in [0.5, 0.6) is 0 Å². The second kappa shape index (κ2) is 5.55. The molecule has 0 aromatic carbocycles. The molecule has 2 nitrogen and oxygen atoms in total. The summed E-state index contributed by atoms with van der Waals surface area (Å²) in [4.78, 5) is 12.6. The number of alkyl halides is 3. The molecule has 5 heteroatoms. The number of halogens is 3. The van der Waals surface area contributed by atoms with Crippen molar-refractivity contribution in [2.75, 3.05) is 14.1 Å². The third kappa shape index (κ3) is 3.39. The minimum absolute atomic E-state index is 0.138. The van der Waals surface area contributed by atoms with E-state index in [0.29, 0.717) is 12.8 Å². The maximum Gasteiger partial charge on any atom is 0.402 e. The van der Waals surface area contributed by atoms with Crippen LogP contribution in [0.2, 0.25) is 0 Å². The van der Waals surface area contributed by atoms with Gasteiger partial charge in [0.05, 0.1) is 0 Å². The molecule has 0 saturated heterocycles. The number of hydrogen-bond donors (Lipinski definition) is 0. The van der Waals surface area contributed by atoms with E-state index in [0.717, 1.165) is 18.2 Å². The van der Waals surface area contributed by atoms with Crippen LogP contribution in [0.15, 0.2) is 0 Å². The van der Waals surface area contributed by atoms with Crippen LogP contribution in [0.1, 0.15) is 39.5 Å². The molecule has 96 valence electrons. The predicted molar refractivity (Wildman–Crippen MR) is 57.0 cm³/mol. The molecule has 0 aromatic heterocycles. The van der Waals surface area contributed by atoms with Crippen LogP contribution >= 0.6 is 0 Å². The molecule has 0 saturated carbocycles. The first-order chi connectivity index (χ1) is 7.16. The summed E-state index contributed by atoms with van der Waals surface area (Å²) < 4.78 is 38.7. The van der Waals surface area contributed by atoms with E-state index in [1.54, 1.807) is 0 Å². The van der Waals surface area contributed by atoms with Gasteiger partial charge in [0, 0.05) is 14.1 Å². The van der Waals surface area contributed by atoms with Gasteiger partial charge in [0.25, 0.3) is 0 Å². The van der Waals surface area contributed by atoms with Gasteiger partial charge in [0.2, 0.25) is 5.91 Å². The van der Waals surface area contributed by atoms with E-state index in [-0.39, 0.29) is 6.42 Å². The van der Waals surface area contributed by atoms with Crippen LogP contribution in [-0.4, -0.2) is 31.1 Å². The second-order valence-corrected chi connectivity index (χ2v) is 4.49. The zero-order chi connectivity index (χ0) is 13.0. The lowest BCUT2D eigenvalue weighted by molar-refractivity contribution is -0.223. The van der Waals surface area contributed by atoms with Gasteiger partial charge < -0.3 is 4.90 Å². The van der Waals surface area contributed by atoms with Crippen molar-refractivity contribution in [1.29, 1.82) is 0 Å². The number of hydrogen-bond acceptors (Lipinski definition) is 1. The van der Waals surface area contributed by atoms with Gasteiger partial charge in [-0.05, 0) is 13.3 Å². The number of unbranched alkanes of at least 4 members (excludes halogenated alkanes) is 2. The van der Waals surface area contributed by atoms with E-state index in [1.165, 1.54) is 14.1 Å². The van der Waals surface area contributed by atoms with Crippen LogP contribution in [0.3, 0.4) is 0 Å². The molecule has 1 atom stereocenters. The molecule has 0 N–H and O–H groups in total. The summed E-state index contributed by atoms with van der Waals surface area (Å²) >= 11 is 0. The molecule has 0 aromatic rings. The highest BCUT2D eigenvalue weighted by atomic mass is 19.4. The lowest BCUT2D eigenvalue weighted by Gasteiger charge is -2.33. The highest BCUT2D eigenvalue weighted by Crippen LogP contribution is 2.43. The van der Waals surface area contributed by atoms with Crippen molar-refractivity contribution in [3.8, 4) is 0 Å². The number of amides is 1. The Kier molecular flexibility index (Phi) is 5.29. The molecule has 0 fully saturated rings. The summed E-state index contributed by atoms with van der Waals surface area (Å²) in [6, 6.07) is 0. The third-order valence-electron chi connectivity index (χ3n) is 2.78. The zero-order valence-corrected chi connectivity index (χ0v) is 10.3. The molecule has 0 aliphatic rings. The van der Waals surface area contributed by atoms with E-state index in [9.17, 15) is 18.0 Å². The fraction of sp³-hybridized carbons (Fsp3) is 0.909. The topological polar surface area (TPSA) is 20.3 Å². The average Bonchev–Trinajstić information content (AvgIpc) is 2.14. The maximum atomic E-state index is 12.9. The second-order valence-electron chi connectivity index (χ2n) is 4.49. The molecule has 0 aliphatic carbocycles. The van der Waals surface area contributed by atoms with E-state index < -0.39 is 17.5 Å². The van der Waals surface area contributed by atoms with Crippen LogP contribution in [0.25, 0.3) is 0 Å². The summed E-state index contributed by atoms with van der Waals surface area (Å²) in [6.45, 7) is 2.91. The highest BCUT2D eigenvalue weighted by Gasteiger charge is 2.56. The SMILES string of the molecule is CCCCCC(C)(C(=O)N(C)C)C(F)(F)F. The molecule has 1 unspecified atom stereocenters. The van der Waals surface area contributed by atoms with Gasteiger partial charge in [-0.1, -0.05) is 26.2 Å². The molecule has 0 rings (SSSR count). The van der Waals surface area contributed by atoms with Gasteiger partial charge in [-0.3, -0.25) is 4.79 Å². The van der Waals surface area contributed by atoms with Crippen molar-refractivity contribution in [3.63, 3.8) is 0 Å². The van der Waals surface area contributed by atoms with Gasteiger partial charge in [-0.15, -0.1) is 0 Å². The first-order valence-electron chi connectivity index (χ1n) is 5.45. The fourth-order valence-electron chi connectivity index (χ4n) is 1.59. The monoisotopic (exact) mass is 239 g/mol. The predicted octanol–water partition coefficient (Wildman–Crippen LogP) is 3.22. The normalized spacial score (nSPS) is 15.7. The number of carbonyl (C=O) groups is 1. The minimum atomic E-state index is -4.48. The number of rotatable bonds is 5. The minimum Gasteiger partial charge on any atom is -0.348 e. The number of carbonyl (C=O) groups excluding carboxylic acids is 1. The molecule has 0 heterocycles. The van der Waals surface area contributed by atoms with Crippen molar-refractivity contribution < 1.29 is 18.0 Å². The smallest absolute Gasteiger partial charge is 0.348 e. The molecule has 0 aliphatic heterocycles. The molecular formula is C11H20F3NO. The Morgan fingerprint density at radius 1 is 1.19 bits per heavy atom. The molecule has 0 radical (unpaired) electrons. The first-order valence-corrected chi connectivity index (χ1v) is 5.45. The zero-order valence-electron chi connectivity index (χ0n) is 10.3. The lowest BCUT2D eigenvalue weighted by atomic mass is 9.82. The van der Waals surface area contributed by atoms with E-state index >= 15 is 0 Å². The molecule has 16 heavy (non-hydrogen) atoms. The quantitative estimate of drug-likeness (QED) is 0.674. The van der Waals surface area contributed by atoms with E-state index in [1.807, 2.05) is 6.92 Å². The van der Waals surface area contributed by atoms with Gasteiger partial charge in [0.15, 0.2) is 0 Å². The molecule has 0 bridgehead atoms. The summed E-state index contributed by atoms with van der Waals surface area (Å²) in [7, 11) is 2.71. The highest BCUT2D eigenvalue weighted by molar-refractivity contribution is 5.82. The van der Waals surface area contributed by atoms with Crippen LogP contribution < -0.4 is 0 Å². The summed E-state index contributed by atoms with van der Waals surface area (Å²) in [5.41, 5.74) is -2.24. The van der Waals surface area contributed by atoms with Crippen molar-refractivity contribution in [3.05, 3.63) is 0 Å². The standard InChI is InChI=1S/C11H20F3NO/c1-5-6-7-8-10(2,11(12,13)14)9(16)15(3)4/h5-8H2,1-4H3. The summed E-state index contributed by atoms with van der Waals surface area (Å²) in [5.74, 6) is -0.865. The average molecular weight is 239 g/mol. The molecule has 1 amide bonds. The summed E-state index contributed by atoms with van der Waals surface area (Å²) in [5, 5.41) is 0. The number of nitrogens with zero attached hydrogens (tertiary/aromatic N) is 1. The van der Waals surface area contributed by atoms with Crippen LogP contribution in [0, 0.1) is 5.41 Å². The first kappa shape index (κ1) is 15.3. The van der Waals surface area contributed by atoms with Gasteiger partial charge in [-0.25, -0.2) is 0 Å². The van der Waals surface area contributed by atoms with Crippen molar-refractivity contribution in [1.82, 2.24) is 4.90 Å². The van der Waals surface area contributed by atoms with Gasteiger partial charge in [0.1, 0.15) is 5.41 Å². The Labute approximate surface area is 94.8 Å². The lowest BCUT2D eigenvalue weighted by Crippen LogP contribution is -2.48. The molecular weight excluding hydrogens is 219 g/mol. The Hall–Kier alpha value is -0.740. The third-order valence-corrected chi connectivity index (χ3v) is 2.78. The van der Waals surface area contributed by atoms with Crippen LogP contribution in [-0.2, 0) is 4.79 Å². The Morgan fingerprint density at radius 2 is 1.69 bits per heavy atom. The Balaban J connectivity index is 4.83. The summed E-state index contributed by atoms with van der Waals surface area (Å²) in [6.07, 6.45) is -2.65. The Morgan fingerprint density at radius 3 is 2.00 bits per heavy atom. The molecule has 0 spiro atoms. The fourth-order valence-corrected chi connectivity index (χ4v) is 1.59.